The van der Waals surface area contributed by atoms with E-state index in [0.29, 0.717) is 5.15 Å². The number of piperidine rings is 1. The molecule has 0 spiro atoms. The molecule has 88 valence electrons. The van der Waals surface area contributed by atoms with Crippen molar-refractivity contribution in [1.82, 2.24) is 9.88 Å². The second-order valence-corrected chi connectivity index (χ2v) is 4.61. The predicted octanol–water partition coefficient (Wildman–Crippen LogP) is 2.08. The van der Waals surface area contributed by atoms with Crippen molar-refractivity contribution < 1.29 is 5.11 Å². The molecule has 1 aliphatic heterocycles. The van der Waals surface area contributed by atoms with Gasteiger partial charge in [0, 0.05) is 24.3 Å². The standard InChI is InChI=1S/C12H17ClN2O/c13-12-10(4-3-6-14-12)8-15-7-2-1-5-11(15)9-16/h3-4,6,11,16H,1-2,5,7-9H2/t11-/m1/s1. The molecule has 1 aromatic rings. The van der Waals surface area contributed by atoms with E-state index in [0.717, 1.165) is 25.1 Å². The van der Waals surface area contributed by atoms with Gasteiger partial charge in [0.25, 0.3) is 0 Å². The molecule has 16 heavy (non-hydrogen) atoms. The first-order chi connectivity index (χ1) is 7.81. The van der Waals surface area contributed by atoms with E-state index in [1.807, 2.05) is 12.1 Å². The van der Waals surface area contributed by atoms with Gasteiger partial charge in [0.15, 0.2) is 0 Å². The summed E-state index contributed by atoms with van der Waals surface area (Å²) >= 11 is 6.03. The van der Waals surface area contributed by atoms with Gasteiger partial charge in [0.05, 0.1) is 6.61 Å². The van der Waals surface area contributed by atoms with E-state index < -0.39 is 0 Å². The summed E-state index contributed by atoms with van der Waals surface area (Å²) in [5.41, 5.74) is 1.05. The lowest BCUT2D eigenvalue weighted by Crippen LogP contribution is -2.41. The number of halogens is 1. The molecular weight excluding hydrogens is 224 g/mol. The zero-order chi connectivity index (χ0) is 11.4. The Balaban J connectivity index is 2.05. The van der Waals surface area contributed by atoms with Crippen LogP contribution in [0.1, 0.15) is 24.8 Å². The zero-order valence-electron chi connectivity index (χ0n) is 9.27. The Hall–Kier alpha value is -0.640. The lowest BCUT2D eigenvalue weighted by molar-refractivity contribution is 0.0840. The first kappa shape index (κ1) is 11.8. The second-order valence-electron chi connectivity index (χ2n) is 4.26. The lowest BCUT2D eigenvalue weighted by atomic mass is 10.0. The molecule has 0 saturated carbocycles. The average molecular weight is 241 g/mol. The van der Waals surface area contributed by atoms with Crippen LogP contribution in [0.2, 0.25) is 5.15 Å². The summed E-state index contributed by atoms with van der Waals surface area (Å²) in [7, 11) is 0. The quantitative estimate of drug-likeness (QED) is 0.822. The molecule has 0 amide bonds. The third kappa shape index (κ3) is 2.73. The van der Waals surface area contributed by atoms with Crippen molar-refractivity contribution in [2.45, 2.75) is 31.8 Å². The Morgan fingerprint density at radius 2 is 2.38 bits per heavy atom. The number of hydrogen-bond donors (Lipinski definition) is 1. The lowest BCUT2D eigenvalue weighted by Gasteiger charge is -2.34. The smallest absolute Gasteiger partial charge is 0.133 e. The SMILES string of the molecule is OC[C@H]1CCCCN1Cc1cccnc1Cl. The highest BCUT2D eigenvalue weighted by molar-refractivity contribution is 6.30. The Kier molecular flexibility index (Phi) is 4.16. The van der Waals surface area contributed by atoms with Crippen LogP contribution in [0, 0.1) is 0 Å². The Morgan fingerprint density at radius 3 is 3.12 bits per heavy atom. The maximum atomic E-state index is 9.32. The number of aliphatic hydroxyl groups is 1. The van der Waals surface area contributed by atoms with Crippen LogP contribution < -0.4 is 0 Å². The van der Waals surface area contributed by atoms with Gasteiger partial charge >= 0.3 is 0 Å². The van der Waals surface area contributed by atoms with Crippen molar-refractivity contribution in [1.29, 1.82) is 0 Å². The molecule has 2 heterocycles. The molecule has 0 aliphatic carbocycles. The first-order valence-electron chi connectivity index (χ1n) is 5.75. The normalized spacial score (nSPS) is 22.2. The largest absolute Gasteiger partial charge is 0.395 e. The van der Waals surface area contributed by atoms with Crippen LogP contribution in [0.4, 0.5) is 0 Å². The molecule has 3 nitrogen and oxygen atoms in total. The molecule has 0 radical (unpaired) electrons. The number of nitrogens with zero attached hydrogens (tertiary/aromatic N) is 2. The summed E-state index contributed by atoms with van der Waals surface area (Å²) in [6.45, 7) is 2.06. The molecule has 0 unspecified atom stereocenters. The van der Waals surface area contributed by atoms with Crippen LogP contribution in [-0.2, 0) is 6.54 Å². The van der Waals surface area contributed by atoms with Crippen LogP contribution in [0.25, 0.3) is 0 Å². The number of aliphatic hydroxyl groups excluding tert-OH is 1. The van der Waals surface area contributed by atoms with Gasteiger partial charge in [0.1, 0.15) is 5.15 Å². The van der Waals surface area contributed by atoms with Crippen molar-refractivity contribution in [3.8, 4) is 0 Å². The molecule has 2 rings (SSSR count). The number of pyridine rings is 1. The Morgan fingerprint density at radius 1 is 1.50 bits per heavy atom. The molecule has 0 aromatic carbocycles. The van der Waals surface area contributed by atoms with E-state index >= 15 is 0 Å². The number of hydrogen-bond acceptors (Lipinski definition) is 3. The summed E-state index contributed by atoms with van der Waals surface area (Å²) < 4.78 is 0. The highest BCUT2D eigenvalue weighted by Crippen LogP contribution is 2.21. The summed E-state index contributed by atoms with van der Waals surface area (Å²) in [6, 6.07) is 4.18. The molecule has 1 atom stereocenters. The minimum absolute atomic E-state index is 0.234. The van der Waals surface area contributed by atoms with E-state index in [-0.39, 0.29) is 12.6 Å². The Labute approximate surface area is 101 Å². The Bertz CT molecular complexity index is 346. The number of rotatable bonds is 3. The maximum Gasteiger partial charge on any atom is 0.133 e. The highest BCUT2D eigenvalue weighted by Gasteiger charge is 2.22. The third-order valence-electron chi connectivity index (χ3n) is 3.17. The summed E-state index contributed by atoms with van der Waals surface area (Å²) in [6.07, 6.45) is 5.19. The molecule has 1 fully saturated rings. The molecule has 1 aromatic heterocycles. The zero-order valence-corrected chi connectivity index (χ0v) is 10.0. The summed E-state index contributed by atoms with van der Waals surface area (Å²) in [5, 5.41) is 9.89. The van der Waals surface area contributed by atoms with E-state index in [2.05, 4.69) is 9.88 Å². The third-order valence-corrected chi connectivity index (χ3v) is 3.51. The predicted molar refractivity (Wildman–Crippen MR) is 64.4 cm³/mol. The fourth-order valence-electron chi connectivity index (χ4n) is 2.23. The number of likely N-dealkylation sites (tertiary alicyclic amines) is 1. The van der Waals surface area contributed by atoms with Gasteiger partial charge in [-0.1, -0.05) is 24.1 Å². The maximum absolute atomic E-state index is 9.32. The van der Waals surface area contributed by atoms with Crippen molar-refractivity contribution >= 4 is 11.6 Å². The topological polar surface area (TPSA) is 36.4 Å². The molecule has 1 saturated heterocycles. The van der Waals surface area contributed by atoms with Gasteiger partial charge in [0.2, 0.25) is 0 Å². The highest BCUT2D eigenvalue weighted by atomic mass is 35.5. The van der Waals surface area contributed by atoms with Crippen molar-refractivity contribution in [2.24, 2.45) is 0 Å². The van der Waals surface area contributed by atoms with Crippen LogP contribution in [-0.4, -0.2) is 34.2 Å². The fraction of sp³-hybridized carbons (Fsp3) is 0.583. The summed E-state index contributed by atoms with van der Waals surface area (Å²) in [4.78, 5) is 6.37. The van der Waals surface area contributed by atoms with Gasteiger partial charge in [-0.15, -0.1) is 0 Å². The van der Waals surface area contributed by atoms with Gasteiger partial charge in [-0.2, -0.15) is 0 Å². The van der Waals surface area contributed by atoms with Crippen LogP contribution >= 0.6 is 11.6 Å². The number of aromatic nitrogens is 1. The monoisotopic (exact) mass is 240 g/mol. The van der Waals surface area contributed by atoms with Gasteiger partial charge in [-0.3, -0.25) is 4.90 Å². The molecule has 1 N–H and O–H groups in total. The van der Waals surface area contributed by atoms with Crippen molar-refractivity contribution in [3.05, 3.63) is 29.0 Å². The van der Waals surface area contributed by atoms with Crippen molar-refractivity contribution in [2.75, 3.05) is 13.2 Å². The van der Waals surface area contributed by atoms with E-state index in [1.165, 1.54) is 12.8 Å². The molecule has 0 bridgehead atoms. The van der Waals surface area contributed by atoms with E-state index in [4.69, 9.17) is 11.6 Å². The summed E-state index contributed by atoms with van der Waals surface area (Å²) in [5.74, 6) is 0. The van der Waals surface area contributed by atoms with E-state index in [9.17, 15) is 5.11 Å². The van der Waals surface area contributed by atoms with Gasteiger partial charge < -0.3 is 5.11 Å². The minimum Gasteiger partial charge on any atom is -0.395 e. The van der Waals surface area contributed by atoms with Gasteiger partial charge in [-0.25, -0.2) is 4.98 Å². The second kappa shape index (κ2) is 5.62. The van der Waals surface area contributed by atoms with E-state index in [1.54, 1.807) is 6.20 Å². The fourth-order valence-corrected chi connectivity index (χ4v) is 2.41. The average Bonchev–Trinajstić information content (AvgIpc) is 2.33. The van der Waals surface area contributed by atoms with Crippen LogP contribution in [0.15, 0.2) is 18.3 Å². The van der Waals surface area contributed by atoms with Crippen LogP contribution in [0.3, 0.4) is 0 Å². The molecular formula is C12H17ClN2O. The van der Waals surface area contributed by atoms with Gasteiger partial charge in [-0.05, 0) is 25.5 Å². The first-order valence-corrected chi connectivity index (χ1v) is 6.13. The minimum atomic E-state index is 0.234. The molecule has 4 heteroatoms. The molecule has 1 aliphatic rings. The van der Waals surface area contributed by atoms with Crippen molar-refractivity contribution in [3.63, 3.8) is 0 Å². The van der Waals surface area contributed by atoms with Crippen LogP contribution in [0.5, 0.6) is 0 Å².